The Kier molecular flexibility index (Phi) is 5.89. The molecule has 17 heavy (non-hydrogen) atoms. The SMILES string of the molecule is CC(C)C1CCCN1CCNCCS(C)(=O)=O. The third-order valence-corrected chi connectivity index (χ3v) is 4.35. The minimum atomic E-state index is -2.82. The Hall–Kier alpha value is -0.130. The fraction of sp³-hybridized carbons (Fsp3) is 1.00. The van der Waals surface area contributed by atoms with Crippen LogP contribution in [0.4, 0.5) is 0 Å². The topological polar surface area (TPSA) is 49.4 Å². The molecule has 0 aliphatic carbocycles. The predicted molar refractivity (Wildman–Crippen MR) is 72.0 cm³/mol. The van der Waals surface area contributed by atoms with Crippen molar-refractivity contribution < 1.29 is 8.42 Å². The lowest BCUT2D eigenvalue weighted by molar-refractivity contribution is 0.207. The van der Waals surface area contributed by atoms with E-state index in [9.17, 15) is 8.42 Å². The molecule has 0 aromatic rings. The number of nitrogens with zero attached hydrogens (tertiary/aromatic N) is 1. The summed E-state index contributed by atoms with van der Waals surface area (Å²) in [7, 11) is -2.82. The molecule has 1 N–H and O–H groups in total. The molecule has 0 radical (unpaired) electrons. The van der Waals surface area contributed by atoms with Crippen LogP contribution in [0.5, 0.6) is 0 Å². The van der Waals surface area contributed by atoms with E-state index in [1.54, 1.807) is 0 Å². The van der Waals surface area contributed by atoms with E-state index in [-0.39, 0.29) is 5.75 Å². The molecule has 1 aliphatic rings. The van der Waals surface area contributed by atoms with Crippen molar-refractivity contribution in [3.63, 3.8) is 0 Å². The van der Waals surface area contributed by atoms with Gasteiger partial charge in [0.2, 0.25) is 0 Å². The number of rotatable bonds is 7. The van der Waals surface area contributed by atoms with Gasteiger partial charge in [0.1, 0.15) is 9.84 Å². The van der Waals surface area contributed by atoms with E-state index < -0.39 is 9.84 Å². The molecule has 0 aromatic heterocycles. The quantitative estimate of drug-likeness (QED) is 0.688. The van der Waals surface area contributed by atoms with Crippen LogP contribution < -0.4 is 5.32 Å². The smallest absolute Gasteiger partial charge is 0.148 e. The van der Waals surface area contributed by atoms with Gasteiger partial charge in [0.25, 0.3) is 0 Å². The lowest BCUT2D eigenvalue weighted by Crippen LogP contribution is -2.39. The highest BCUT2D eigenvalue weighted by Gasteiger charge is 2.26. The van der Waals surface area contributed by atoms with Crippen LogP contribution in [0.3, 0.4) is 0 Å². The highest BCUT2D eigenvalue weighted by atomic mass is 32.2. The van der Waals surface area contributed by atoms with Crippen LogP contribution in [0.25, 0.3) is 0 Å². The van der Waals surface area contributed by atoms with E-state index in [2.05, 4.69) is 24.1 Å². The highest BCUT2D eigenvalue weighted by molar-refractivity contribution is 7.90. The van der Waals surface area contributed by atoms with Crippen molar-refractivity contribution in [2.75, 3.05) is 38.2 Å². The summed E-state index contributed by atoms with van der Waals surface area (Å²) < 4.78 is 21.9. The average molecular weight is 262 g/mol. The number of hydrogen-bond donors (Lipinski definition) is 1. The van der Waals surface area contributed by atoms with Gasteiger partial charge < -0.3 is 5.32 Å². The lowest BCUT2D eigenvalue weighted by Gasteiger charge is -2.27. The summed E-state index contributed by atoms with van der Waals surface area (Å²) in [6.07, 6.45) is 3.89. The largest absolute Gasteiger partial charge is 0.314 e. The van der Waals surface area contributed by atoms with Crippen molar-refractivity contribution in [1.82, 2.24) is 10.2 Å². The Morgan fingerprint density at radius 2 is 2.06 bits per heavy atom. The summed E-state index contributed by atoms with van der Waals surface area (Å²) >= 11 is 0. The fourth-order valence-electron chi connectivity index (χ4n) is 2.49. The number of hydrogen-bond acceptors (Lipinski definition) is 4. The maximum absolute atomic E-state index is 10.9. The zero-order chi connectivity index (χ0) is 12.9. The van der Waals surface area contributed by atoms with Gasteiger partial charge in [0, 0.05) is 31.9 Å². The molecule has 0 aromatic carbocycles. The van der Waals surface area contributed by atoms with Gasteiger partial charge in [0.05, 0.1) is 5.75 Å². The molecule has 0 saturated carbocycles. The summed E-state index contributed by atoms with van der Waals surface area (Å²) in [5.41, 5.74) is 0. The van der Waals surface area contributed by atoms with Crippen LogP contribution in [0.1, 0.15) is 26.7 Å². The zero-order valence-electron chi connectivity index (χ0n) is 11.3. The molecule has 0 amide bonds. The highest BCUT2D eigenvalue weighted by Crippen LogP contribution is 2.22. The molecule has 4 nitrogen and oxygen atoms in total. The van der Waals surface area contributed by atoms with Crippen molar-refractivity contribution in [3.05, 3.63) is 0 Å². The minimum Gasteiger partial charge on any atom is -0.314 e. The summed E-state index contributed by atoms with van der Waals surface area (Å²) in [6, 6.07) is 0.715. The number of likely N-dealkylation sites (tertiary alicyclic amines) is 1. The molecule has 1 unspecified atom stereocenters. The van der Waals surface area contributed by atoms with Crippen LogP contribution in [0.15, 0.2) is 0 Å². The van der Waals surface area contributed by atoms with Gasteiger partial charge in [-0.3, -0.25) is 4.90 Å². The van der Waals surface area contributed by atoms with Crippen LogP contribution in [0.2, 0.25) is 0 Å². The summed E-state index contributed by atoms with van der Waals surface area (Å²) in [5.74, 6) is 0.953. The third kappa shape index (κ3) is 5.84. The van der Waals surface area contributed by atoms with Crippen LogP contribution in [-0.2, 0) is 9.84 Å². The molecule has 102 valence electrons. The Balaban J connectivity index is 2.14. The monoisotopic (exact) mass is 262 g/mol. The standard InChI is InChI=1S/C12H26N2O2S/c1-11(2)12-5-4-8-14(12)9-6-13-7-10-17(3,15)16/h11-13H,4-10H2,1-3H3. The first kappa shape index (κ1) is 14.9. The average Bonchev–Trinajstić information content (AvgIpc) is 2.63. The van der Waals surface area contributed by atoms with Crippen LogP contribution in [0, 0.1) is 5.92 Å². The predicted octanol–water partition coefficient (Wildman–Crippen LogP) is 0.741. The summed E-state index contributed by atoms with van der Waals surface area (Å²) in [4.78, 5) is 2.53. The zero-order valence-corrected chi connectivity index (χ0v) is 12.1. The first-order valence-electron chi connectivity index (χ1n) is 6.52. The van der Waals surface area contributed by atoms with Crippen molar-refractivity contribution in [2.45, 2.75) is 32.7 Å². The first-order valence-corrected chi connectivity index (χ1v) is 8.58. The van der Waals surface area contributed by atoms with E-state index in [1.807, 2.05) is 0 Å². The van der Waals surface area contributed by atoms with Gasteiger partial charge in [-0.1, -0.05) is 13.8 Å². The molecule has 0 spiro atoms. The van der Waals surface area contributed by atoms with Gasteiger partial charge in [0.15, 0.2) is 0 Å². The minimum absolute atomic E-state index is 0.237. The van der Waals surface area contributed by atoms with Crippen LogP contribution >= 0.6 is 0 Å². The van der Waals surface area contributed by atoms with E-state index >= 15 is 0 Å². The molecule has 0 bridgehead atoms. The molecule has 1 fully saturated rings. The molecule has 5 heteroatoms. The van der Waals surface area contributed by atoms with Crippen molar-refractivity contribution in [3.8, 4) is 0 Å². The van der Waals surface area contributed by atoms with Crippen molar-refractivity contribution in [2.24, 2.45) is 5.92 Å². The number of nitrogens with one attached hydrogen (secondary N) is 1. The Morgan fingerprint density at radius 1 is 1.35 bits per heavy atom. The van der Waals surface area contributed by atoms with E-state index in [0.717, 1.165) is 13.1 Å². The normalized spacial score (nSPS) is 22.5. The Morgan fingerprint density at radius 3 is 2.65 bits per heavy atom. The van der Waals surface area contributed by atoms with Gasteiger partial charge >= 0.3 is 0 Å². The second kappa shape index (κ2) is 6.71. The molecule has 1 heterocycles. The van der Waals surface area contributed by atoms with E-state index in [0.29, 0.717) is 18.5 Å². The fourth-order valence-corrected chi connectivity index (χ4v) is 3.00. The summed E-state index contributed by atoms with van der Waals surface area (Å²) in [5, 5.41) is 3.21. The first-order chi connectivity index (χ1) is 7.90. The Labute approximate surface area is 106 Å². The second-order valence-electron chi connectivity index (χ2n) is 5.37. The van der Waals surface area contributed by atoms with E-state index in [4.69, 9.17) is 0 Å². The van der Waals surface area contributed by atoms with Gasteiger partial charge in [-0.2, -0.15) is 0 Å². The van der Waals surface area contributed by atoms with Crippen molar-refractivity contribution >= 4 is 9.84 Å². The molecule has 1 rings (SSSR count). The van der Waals surface area contributed by atoms with Gasteiger partial charge in [-0.15, -0.1) is 0 Å². The van der Waals surface area contributed by atoms with Gasteiger partial charge in [-0.05, 0) is 25.3 Å². The molecule has 1 aliphatic heterocycles. The second-order valence-corrected chi connectivity index (χ2v) is 7.63. The maximum atomic E-state index is 10.9. The number of sulfone groups is 1. The Bertz CT molecular complexity index is 314. The molecule has 1 saturated heterocycles. The van der Waals surface area contributed by atoms with E-state index in [1.165, 1.54) is 25.6 Å². The third-order valence-electron chi connectivity index (χ3n) is 3.41. The molecular formula is C12H26N2O2S. The van der Waals surface area contributed by atoms with Gasteiger partial charge in [-0.25, -0.2) is 8.42 Å². The molecule has 1 atom stereocenters. The summed E-state index contributed by atoms with van der Waals surface area (Å²) in [6.45, 7) is 8.24. The van der Waals surface area contributed by atoms with Crippen LogP contribution in [-0.4, -0.2) is 57.5 Å². The molecular weight excluding hydrogens is 236 g/mol. The maximum Gasteiger partial charge on any atom is 0.148 e. The van der Waals surface area contributed by atoms with Crippen molar-refractivity contribution in [1.29, 1.82) is 0 Å². The lowest BCUT2D eigenvalue weighted by atomic mass is 10.0.